The fraction of sp³-hybridized carbons (Fsp3) is 0.429. The van der Waals surface area contributed by atoms with Crippen molar-refractivity contribution >= 4 is 29.2 Å². The summed E-state index contributed by atoms with van der Waals surface area (Å²) < 4.78 is 5.33. The molecule has 0 aliphatic carbocycles. The molecule has 5 nitrogen and oxygen atoms in total. The number of phenolic OH excluding ortho intramolecular Hbond substituents is 1. The summed E-state index contributed by atoms with van der Waals surface area (Å²) in [6.45, 7) is 4.48. The number of hydrogen-bond acceptors (Lipinski definition) is 7. The third-order valence-corrected chi connectivity index (χ3v) is 6.94. The van der Waals surface area contributed by atoms with Crippen LogP contribution in [0.15, 0.2) is 22.7 Å². The molecular formula is C14H17N3O2S2. The van der Waals surface area contributed by atoms with Gasteiger partial charge < -0.3 is 15.4 Å². The van der Waals surface area contributed by atoms with Crippen LogP contribution in [0.4, 0.5) is 5.69 Å². The van der Waals surface area contributed by atoms with Crippen LogP contribution in [0.1, 0.15) is 24.9 Å². The van der Waals surface area contributed by atoms with Crippen molar-refractivity contribution in [2.24, 2.45) is 0 Å². The van der Waals surface area contributed by atoms with Crippen LogP contribution in [0, 0.1) is 0 Å². The minimum atomic E-state index is 0.0253. The summed E-state index contributed by atoms with van der Waals surface area (Å²) in [7, 11) is 0. The Bertz CT molecular complexity index is 647. The van der Waals surface area contributed by atoms with Crippen LogP contribution < -0.4 is 5.73 Å². The van der Waals surface area contributed by atoms with E-state index in [1.807, 2.05) is 23.5 Å². The van der Waals surface area contributed by atoms with Gasteiger partial charge in [0, 0.05) is 21.8 Å². The largest absolute Gasteiger partial charge is 0.506 e. The number of nitrogens with zero attached hydrogens (tertiary/aromatic N) is 2. The highest BCUT2D eigenvalue weighted by atomic mass is 32.2. The van der Waals surface area contributed by atoms with Gasteiger partial charge in [-0.25, -0.2) is 0 Å². The van der Waals surface area contributed by atoms with Gasteiger partial charge in [-0.2, -0.15) is 16.7 Å². The van der Waals surface area contributed by atoms with Gasteiger partial charge in [0.1, 0.15) is 5.75 Å². The van der Waals surface area contributed by atoms with E-state index in [1.54, 1.807) is 18.2 Å². The van der Waals surface area contributed by atoms with Gasteiger partial charge in [-0.3, -0.25) is 0 Å². The molecule has 1 aliphatic heterocycles. The first-order chi connectivity index (χ1) is 10.0. The fourth-order valence-electron chi connectivity index (χ4n) is 2.08. The maximum absolute atomic E-state index is 9.66. The SMILES string of the molecule is CC1SCC(c2noc(-c3ccc(N)c(O)c3)n2)SC1C. The number of hydrogen-bond donors (Lipinski definition) is 2. The summed E-state index contributed by atoms with van der Waals surface area (Å²) in [6.07, 6.45) is 0. The molecule has 7 heteroatoms. The molecule has 1 aliphatic rings. The van der Waals surface area contributed by atoms with Crippen molar-refractivity contribution < 1.29 is 9.63 Å². The van der Waals surface area contributed by atoms with Crippen LogP contribution in [0.2, 0.25) is 0 Å². The van der Waals surface area contributed by atoms with Gasteiger partial charge in [-0.1, -0.05) is 19.0 Å². The molecule has 1 aromatic carbocycles. The fourth-order valence-corrected chi connectivity index (χ4v) is 4.91. The van der Waals surface area contributed by atoms with E-state index < -0.39 is 0 Å². The van der Waals surface area contributed by atoms with Gasteiger partial charge in [0.15, 0.2) is 5.82 Å². The molecule has 0 spiro atoms. The summed E-state index contributed by atoms with van der Waals surface area (Å²) in [5, 5.41) is 15.2. The van der Waals surface area contributed by atoms with Crippen molar-refractivity contribution in [2.75, 3.05) is 11.5 Å². The van der Waals surface area contributed by atoms with Gasteiger partial charge in [-0.15, -0.1) is 11.8 Å². The number of benzene rings is 1. The average molecular weight is 323 g/mol. The van der Waals surface area contributed by atoms with E-state index in [0.717, 1.165) is 11.6 Å². The van der Waals surface area contributed by atoms with E-state index in [0.29, 0.717) is 27.6 Å². The molecule has 2 heterocycles. The zero-order valence-corrected chi connectivity index (χ0v) is 13.4. The molecule has 0 amide bonds. The second-order valence-electron chi connectivity index (χ2n) is 5.10. The second kappa shape index (κ2) is 5.81. The number of anilines is 1. The van der Waals surface area contributed by atoms with E-state index in [-0.39, 0.29) is 11.0 Å². The van der Waals surface area contributed by atoms with Crippen molar-refractivity contribution in [3.8, 4) is 17.2 Å². The first-order valence-corrected chi connectivity index (χ1v) is 8.73. The molecule has 2 aromatic rings. The van der Waals surface area contributed by atoms with Crippen LogP contribution in [0.3, 0.4) is 0 Å². The number of nitrogen functional groups attached to an aromatic ring is 1. The summed E-state index contributed by atoms with van der Waals surface area (Å²) in [6, 6.07) is 4.93. The van der Waals surface area contributed by atoms with Crippen LogP contribution in [0.5, 0.6) is 5.75 Å². The molecular weight excluding hydrogens is 306 g/mol. The number of nitrogens with two attached hydrogens (primary N) is 1. The number of aromatic hydroxyl groups is 1. The Morgan fingerprint density at radius 3 is 2.86 bits per heavy atom. The topological polar surface area (TPSA) is 85.2 Å². The van der Waals surface area contributed by atoms with E-state index in [4.69, 9.17) is 10.3 Å². The summed E-state index contributed by atoms with van der Waals surface area (Å²) in [5.74, 6) is 2.15. The molecule has 1 fully saturated rings. The monoisotopic (exact) mass is 323 g/mol. The van der Waals surface area contributed by atoms with Crippen molar-refractivity contribution in [2.45, 2.75) is 29.6 Å². The lowest BCUT2D eigenvalue weighted by molar-refractivity contribution is 0.422. The van der Waals surface area contributed by atoms with Crippen molar-refractivity contribution in [1.29, 1.82) is 0 Å². The quantitative estimate of drug-likeness (QED) is 0.647. The summed E-state index contributed by atoms with van der Waals surface area (Å²) in [4.78, 5) is 4.47. The first kappa shape index (κ1) is 14.6. The number of thioether (sulfide) groups is 2. The third-order valence-electron chi connectivity index (χ3n) is 3.56. The molecule has 21 heavy (non-hydrogen) atoms. The lowest BCUT2D eigenvalue weighted by atomic mass is 10.2. The lowest BCUT2D eigenvalue weighted by Gasteiger charge is -2.29. The Labute approximate surface area is 131 Å². The molecule has 0 saturated carbocycles. The van der Waals surface area contributed by atoms with Gasteiger partial charge in [0.05, 0.1) is 10.9 Å². The standard InChI is InChI=1S/C14H17N3O2S2/c1-7-8(2)21-12(6-20-7)13-16-14(19-17-13)9-3-4-10(15)11(18)5-9/h3-5,7-8,12,18H,6,15H2,1-2H3. The lowest BCUT2D eigenvalue weighted by Crippen LogP contribution is -2.22. The highest BCUT2D eigenvalue weighted by Gasteiger charge is 2.30. The Kier molecular flexibility index (Phi) is 4.03. The van der Waals surface area contributed by atoms with Crippen molar-refractivity contribution in [3.63, 3.8) is 0 Å². The Morgan fingerprint density at radius 2 is 2.14 bits per heavy atom. The molecule has 0 radical (unpaired) electrons. The van der Waals surface area contributed by atoms with E-state index in [1.165, 1.54) is 0 Å². The zero-order valence-electron chi connectivity index (χ0n) is 11.8. The summed E-state index contributed by atoms with van der Waals surface area (Å²) in [5.41, 5.74) is 6.60. The molecule has 3 atom stereocenters. The van der Waals surface area contributed by atoms with Gasteiger partial charge >= 0.3 is 0 Å². The predicted molar refractivity (Wildman–Crippen MR) is 87.5 cm³/mol. The maximum atomic E-state index is 9.66. The Morgan fingerprint density at radius 1 is 1.33 bits per heavy atom. The minimum Gasteiger partial charge on any atom is -0.506 e. The van der Waals surface area contributed by atoms with E-state index in [9.17, 15) is 5.11 Å². The molecule has 0 bridgehead atoms. The number of phenols is 1. The highest BCUT2D eigenvalue weighted by Crippen LogP contribution is 2.43. The minimum absolute atomic E-state index is 0.0253. The predicted octanol–water partition coefficient (Wildman–Crippen LogP) is 3.32. The normalized spacial score (nSPS) is 25.9. The molecule has 3 unspecified atom stereocenters. The van der Waals surface area contributed by atoms with E-state index in [2.05, 4.69) is 24.0 Å². The molecule has 1 aromatic heterocycles. The maximum Gasteiger partial charge on any atom is 0.258 e. The van der Waals surface area contributed by atoms with Gasteiger partial charge in [0.2, 0.25) is 0 Å². The van der Waals surface area contributed by atoms with E-state index >= 15 is 0 Å². The Balaban J connectivity index is 1.81. The van der Waals surface area contributed by atoms with Crippen LogP contribution in [0.25, 0.3) is 11.5 Å². The molecule has 1 saturated heterocycles. The zero-order chi connectivity index (χ0) is 15.0. The van der Waals surface area contributed by atoms with Gasteiger partial charge in [-0.05, 0) is 18.2 Å². The average Bonchev–Trinajstić information content (AvgIpc) is 2.94. The number of rotatable bonds is 2. The first-order valence-electron chi connectivity index (χ1n) is 6.74. The molecule has 3 N–H and O–H groups in total. The number of aromatic nitrogens is 2. The third kappa shape index (κ3) is 2.98. The molecule has 3 rings (SSSR count). The molecule has 112 valence electrons. The second-order valence-corrected chi connectivity index (χ2v) is 8.09. The van der Waals surface area contributed by atoms with Gasteiger partial charge in [0.25, 0.3) is 5.89 Å². The van der Waals surface area contributed by atoms with Crippen LogP contribution >= 0.6 is 23.5 Å². The summed E-state index contributed by atoms with van der Waals surface area (Å²) >= 11 is 3.83. The van der Waals surface area contributed by atoms with Crippen molar-refractivity contribution in [1.82, 2.24) is 10.1 Å². The smallest absolute Gasteiger partial charge is 0.258 e. The van der Waals surface area contributed by atoms with Crippen LogP contribution in [-0.4, -0.2) is 31.5 Å². The Hall–Kier alpha value is -1.34. The van der Waals surface area contributed by atoms with Crippen LogP contribution in [-0.2, 0) is 0 Å². The van der Waals surface area contributed by atoms with Crippen molar-refractivity contribution in [3.05, 3.63) is 24.0 Å². The highest BCUT2D eigenvalue weighted by molar-refractivity contribution is 8.07.